The predicted octanol–water partition coefficient (Wildman–Crippen LogP) is 4.81. The molecule has 3 saturated heterocycles. The van der Waals surface area contributed by atoms with Gasteiger partial charge in [0.25, 0.3) is 0 Å². The van der Waals surface area contributed by atoms with Crippen molar-refractivity contribution in [2.45, 2.75) is 142 Å². The number of ketones is 1. The third-order valence-electron chi connectivity index (χ3n) is 13.4. The summed E-state index contributed by atoms with van der Waals surface area (Å²) in [6.45, 7) is 16.2. The Balaban J connectivity index is 1.54. The van der Waals surface area contributed by atoms with Crippen molar-refractivity contribution >= 4 is 29.5 Å². The number of carbonyl (C=O) groups excluding carboxylic acids is 4. The predicted molar refractivity (Wildman–Crippen MR) is 232 cm³/mol. The van der Waals surface area contributed by atoms with Crippen LogP contribution in [0.3, 0.4) is 0 Å². The van der Waals surface area contributed by atoms with E-state index in [2.05, 4.69) is 20.5 Å². The molecule has 0 bridgehead atoms. The van der Waals surface area contributed by atoms with E-state index in [4.69, 9.17) is 28.5 Å². The molecule has 18 heteroatoms. The van der Waals surface area contributed by atoms with E-state index in [0.717, 1.165) is 11.3 Å². The third kappa shape index (κ3) is 10.2. The van der Waals surface area contributed by atoms with Gasteiger partial charge in [0.2, 0.25) is 0 Å². The largest absolute Gasteiger partial charge is 0.469 e. The van der Waals surface area contributed by atoms with Crippen LogP contribution in [0.5, 0.6) is 0 Å². The van der Waals surface area contributed by atoms with Crippen LogP contribution in [-0.4, -0.2) is 142 Å². The number of pyridine rings is 1. The number of nitrogens with one attached hydrogen (secondary N) is 1. The molecular formula is C45H69N7O11. The number of aliphatic hydroxyl groups excluding tert-OH is 1. The summed E-state index contributed by atoms with van der Waals surface area (Å²) in [4.78, 5) is 73.2. The number of hydrogen-bond donors (Lipinski definition) is 2. The molecule has 0 spiro atoms. The SMILES string of the molecule is CC[C@H]1OC(=O)[C@H](C)C(=O)[C@H](C)[C@H](O[C@H]2O[C@@H](C)C[C@@H](N(C)C)[C@@H]2O)[C@@](C)(C(=O)OC)C[C@@H](C)/C(=N\OC)[C@H](C)[C@H]2N(NCC[C@@H](C)n3cnc(-c4cccnc4)c3)C(=O)O[C@]12C. The van der Waals surface area contributed by atoms with E-state index in [0.29, 0.717) is 25.1 Å². The van der Waals surface area contributed by atoms with Crippen molar-refractivity contribution < 1.29 is 52.8 Å². The van der Waals surface area contributed by atoms with Crippen molar-refractivity contribution in [2.24, 2.45) is 34.2 Å². The fraction of sp³-hybridized carbons (Fsp3) is 0.711. The van der Waals surface area contributed by atoms with Crippen LogP contribution >= 0.6 is 0 Å². The van der Waals surface area contributed by atoms with E-state index in [1.165, 1.54) is 26.2 Å². The highest BCUT2D eigenvalue weighted by atomic mass is 16.7. The maximum absolute atomic E-state index is 14.6. The van der Waals surface area contributed by atoms with E-state index >= 15 is 0 Å². The highest BCUT2D eigenvalue weighted by molar-refractivity contribution is 6.00. The van der Waals surface area contributed by atoms with E-state index in [9.17, 15) is 24.3 Å². The first-order chi connectivity index (χ1) is 29.7. The van der Waals surface area contributed by atoms with Gasteiger partial charge in [-0.3, -0.25) is 19.4 Å². The number of nitrogens with zero attached hydrogens (tertiary/aromatic N) is 6. The molecule has 5 rings (SSSR count). The molecule has 3 fully saturated rings. The standard InChI is InChI=1S/C45H69N7O11/c1-14-34-45(9)38(52(43(57)63-45)48-19-17-26(3)51-23-32(47-24-51)31-16-15-18-46-22-31)28(5)35(49-59-13)25(2)21-44(8,42(56)58-12)39(29(6)36(53)30(7)40(55)61-34)62-41-37(54)33(50(10)11)20-27(4)60-41/h15-16,18,22-30,33-34,37-39,41,48,54H,14,17,19-21H2,1-13H3/b49-35+/t25-,26-,27+,28+,29+,30-,33-,34-,37+,38-,39+,41-,44+,45-/m1/s1. The summed E-state index contributed by atoms with van der Waals surface area (Å²) in [5.74, 6) is -5.75. The summed E-state index contributed by atoms with van der Waals surface area (Å²) in [5.41, 5.74) is 2.40. The number of Topliss-reactive ketones (excluding diaryl/α,β-unsaturated/α-hetero) is 1. The molecule has 0 radical (unpaired) electrons. The lowest BCUT2D eigenvalue weighted by molar-refractivity contribution is -0.285. The summed E-state index contributed by atoms with van der Waals surface area (Å²) in [5, 5.41) is 17.6. The molecule has 5 heterocycles. The second-order valence-corrected chi connectivity index (χ2v) is 18.2. The third-order valence-corrected chi connectivity index (χ3v) is 13.4. The normalized spacial score (nSPS) is 35.7. The Morgan fingerprint density at radius 2 is 1.84 bits per heavy atom. The summed E-state index contributed by atoms with van der Waals surface area (Å²) in [6.07, 6.45) is 2.84. The average molecular weight is 884 g/mol. The number of hydrogen-bond acceptors (Lipinski definition) is 16. The number of ether oxygens (including phenoxy) is 5. The van der Waals surface area contributed by atoms with Crippen LogP contribution in [0.25, 0.3) is 11.3 Å². The quantitative estimate of drug-likeness (QED) is 0.127. The number of imidazole rings is 1. The maximum atomic E-state index is 14.6. The van der Waals surface area contributed by atoms with Crippen molar-refractivity contribution in [1.82, 2.24) is 29.9 Å². The highest BCUT2D eigenvalue weighted by Crippen LogP contribution is 2.45. The molecule has 0 saturated carbocycles. The minimum Gasteiger partial charge on any atom is -0.469 e. The number of likely N-dealkylation sites (N-methyl/N-ethyl adjacent to an activating group) is 1. The van der Waals surface area contributed by atoms with Crippen molar-refractivity contribution in [3.8, 4) is 11.3 Å². The van der Waals surface area contributed by atoms with Crippen molar-refractivity contribution in [3.63, 3.8) is 0 Å². The van der Waals surface area contributed by atoms with Gasteiger partial charge in [-0.1, -0.05) is 32.9 Å². The van der Waals surface area contributed by atoms with Crippen LogP contribution in [0.1, 0.15) is 94.0 Å². The van der Waals surface area contributed by atoms with Crippen molar-refractivity contribution in [3.05, 3.63) is 37.1 Å². The van der Waals surface area contributed by atoms with Gasteiger partial charge in [0, 0.05) is 54.6 Å². The molecule has 2 aromatic heterocycles. The average Bonchev–Trinajstić information content (AvgIpc) is 3.85. The van der Waals surface area contributed by atoms with Crippen LogP contribution in [-0.2, 0) is 42.9 Å². The Kier molecular flexibility index (Phi) is 16.2. The minimum atomic E-state index is -1.60. The molecule has 1 amide bonds. The first-order valence-corrected chi connectivity index (χ1v) is 22.0. The van der Waals surface area contributed by atoms with Crippen molar-refractivity contribution in [1.29, 1.82) is 0 Å². The number of hydrazine groups is 1. The van der Waals surface area contributed by atoms with Gasteiger partial charge >= 0.3 is 18.0 Å². The maximum Gasteiger partial charge on any atom is 0.425 e. The summed E-state index contributed by atoms with van der Waals surface area (Å²) in [6, 6.07) is 2.57. The van der Waals surface area contributed by atoms with Crippen LogP contribution in [0.4, 0.5) is 4.79 Å². The first-order valence-electron chi connectivity index (χ1n) is 22.0. The molecule has 2 N–H and O–H groups in total. The zero-order chi connectivity index (χ0) is 46.6. The Hall–Kier alpha value is -4.49. The number of oxime groups is 1. The molecular weight excluding hydrogens is 815 g/mol. The molecule has 18 nitrogen and oxygen atoms in total. The van der Waals surface area contributed by atoms with Gasteiger partial charge < -0.3 is 43.1 Å². The zero-order valence-electron chi connectivity index (χ0n) is 39.1. The number of aliphatic hydroxyl groups is 1. The van der Waals surface area contributed by atoms with Gasteiger partial charge in [-0.05, 0) is 92.4 Å². The number of cyclic esters (lactones) is 1. The molecule has 2 aromatic rings. The molecule has 0 aliphatic carbocycles. The van der Waals surface area contributed by atoms with Gasteiger partial charge in [-0.25, -0.2) is 20.2 Å². The topological polar surface area (TPSA) is 205 Å². The van der Waals surface area contributed by atoms with E-state index in [-0.39, 0.29) is 31.0 Å². The smallest absolute Gasteiger partial charge is 0.425 e. The number of fused-ring (bicyclic) bond motifs is 1. The lowest BCUT2D eigenvalue weighted by Crippen LogP contribution is -2.61. The molecule has 0 aromatic carbocycles. The lowest BCUT2D eigenvalue weighted by Gasteiger charge is -2.46. The first kappa shape index (κ1) is 49.5. The van der Waals surface area contributed by atoms with Gasteiger partial charge in [0.1, 0.15) is 31.3 Å². The van der Waals surface area contributed by atoms with Crippen LogP contribution in [0.15, 0.2) is 42.2 Å². The number of aromatic nitrogens is 3. The second-order valence-electron chi connectivity index (χ2n) is 18.2. The number of methoxy groups -OCH3 is 1. The van der Waals surface area contributed by atoms with Gasteiger partial charge in [0.15, 0.2) is 17.7 Å². The number of esters is 2. The minimum absolute atomic E-state index is 0.00905. The molecule has 14 atom stereocenters. The highest BCUT2D eigenvalue weighted by Gasteiger charge is 2.61. The number of rotatable bonds is 12. The number of carbonyl (C=O) groups is 4. The molecule has 0 unspecified atom stereocenters. The Labute approximate surface area is 371 Å². The van der Waals surface area contributed by atoms with Crippen molar-refractivity contribution in [2.75, 3.05) is 34.9 Å². The molecule has 3 aliphatic rings. The lowest BCUT2D eigenvalue weighted by atomic mass is 9.68. The van der Waals surface area contributed by atoms with Gasteiger partial charge in [0.05, 0.1) is 42.5 Å². The molecule has 3 aliphatic heterocycles. The fourth-order valence-electron chi connectivity index (χ4n) is 9.90. The van der Waals surface area contributed by atoms with Crippen LogP contribution in [0, 0.1) is 29.1 Å². The Morgan fingerprint density at radius 1 is 1.13 bits per heavy atom. The summed E-state index contributed by atoms with van der Waals surface area (Å²) < 4.78 is 32.7. The summed E-state index contributed by atoms with van der Waals surface area (Å²) in [7, 11) is 6.36. The van der Waals surface area contributed by atoms with Crippen LogP contribution < -0.4 is 5.43 Å². The van der Waals surface area contributed by atoms with Gasteiger partial charge in [-0.15, -0.1) is 0 Å². The van der Waals surface area contributed by atoms with Gasteiger partial charge in [-0.2, -0.15) is 0 Å². The summed E-state index contributed by atoms with van der Waals surface area (Å²) >= 11 is 0. The molecule has 350 valence electrons. The zero-order valence-corrected chi connectivity index (χ0v) is 39.1. The fourth-order valence-corrected chi connectivity index (χ4v) is 9.90. The Bertz CT molecular complexity index is 1930. The van der Waals surface area contributed by atoms with E-state index in [1.54, 1.807) is 39.5 Å². The van der Waals surface area contributed by atoms with Crippen LogP contribution in [0.2, 0.25) is 0 Å². The van der Waals surface area contributed by atoms with E-state index in [1.807, 2.05) is 76.5 Å². The monoisotopic (exact) mass is 884 g/mol. The molecule has 63 heavy (non-hydrogen) atoms. The Morgan fingerprint density at radius 3 is 2.46 bits per heavy atom. The number of amides is 1. The van der Waals surface area contributed by atoms with E-state index < -0.39 is 89.1 Å². The second kappa shape index (κ2) is 20.6.